The van der Waals surface area contributed by atoms with Gasteiger partial charge in [0.2, 0.25) is 0 Å². The van der Waals surface area contributed by atoms with Gasteiger partial charge in [-0.1, -0.05) is 12.1 Å². The van der Waals surface area contributed by atoms with Crippen molar-refractivity contribution in [3.05, 3.63) is 29.8 Å². The molecular weight excluding hydrogens is 212 g/mol. The van der Waals surface area contributed by atoms with Gasteiger partial charge in [-0.25, -0.2) is 0 Å². The fourth-order valence-corrected chi connectivity index (χ4v) is 2.15. The highest BCUT2D eigenvalue weighted by Gasteiger charge is 2.19. The number of benzene rings is 1. The van der Waals surface area contributed by atoms with Crippen LogP contribution in [0, 0.1) is 0 Å². The van der Waals surface area contributed by atoms with Crippen LogP contribution in [0.1, 0.15) is 19.4 Å². The molecule has 0 radical (unpaired) electrons. The molecule has 1 aliphatic rings. The van der Waals surface area contributed by atoms with E-state index in [1.807, 2.05) is 26.0 Å². The minimum absolute atomic E-state index is 0.761. The van der Waals surface area contributed by atoms with Crippen molar-refractivity contribution in [2.45, 2.75) is 19.4 Å². The van der Waals surface area contributed by atoms with E-state index in [0.717, 1.165) is 31.7 Å². The molecule has 0 bridgehead atoms. The first-order chi connectivity index (χ1) is 7.97. The zero-order valence-electron chi connectivity index (χ0n) is 11.0. The van der Waals surface area contributed by atoms with Gasteiger partial charge in [0.25, 0.3) is 0 Å². The summed E-state index contributed by atoms with van der Waals surface area (Å²) in [5.74, 6) is 0. The van der Waals surface area contributed by atoms with Crippen LogP contribution in [0.2, 0.25) is 0 Å². The van der Waals surface area contributed by atoms with E-state index in [0.29, 0.717) is 0 Å². The third-order valence-corrected chi connectivity index (χ3v) is 3.42. The summed E-state index contributed by atoms with van der Waals surface area (Å²) in [6.45, 7) is 7.99. The topological polar surface area (TPSA) is 26.7 Å². The SMILES string of the molecule is CN1CCN(c2cccc(C(C)(C)O)c2)CC1. The Morgan fingerprint density at radius 2 is 1.76 bits per heavy atom. The molecule has 0 atom stereocenters. The lowest BCUT2D eigenvalue weighted by Gasteiger charge is -2.34. The van der Waals surface area contributed by atoms with Gasteiger partial charge in [-0.05, 0) is 38.6 Å². The second kappa shape index (κ2) is 4.67. The molecule has 0 unspecified atom stereocenters. The van der Waals surface area contributed by atoms with Crippen LogP contribution >= 0.6 is 0 Å². The number of anilines is 1. The number of hydrogen-bond acceptors (Lipinski definition) is 3. The molecular formula is C14H22N2O. The molecule has 0 spiro atoms. The van der Waals surface area contributed by atoms with E-state index in [2.05, 4.69) is 29.0 Å². The van der Waals surface area contributed by atoms with Crippen molar-refractivity contribution in [2.75, 3.05) is 38.1 Å². The maximum Gasteiger partial charge on any atom is 0.0841 e. The lowest BCUT2D eigenvalue weighted by atomic mass is 9.98. The Morgan fingerprint density at radius 1 is 1.12 bits per heavy atom. The van der Waals surface area contributed by atoms with Crippen molar-refractivity contribution in [1.29, 1.82) is 0 Å². The Kier molecular flexibility index (Phi) is 3.40. The smallest absolute Gasteiger partial charge is 0.0841 e. The first-order valence-electron chi connectivity index (χ1n) is 6.23. The second-order valence-electron chi connectivity index (χ2n) is 5.40. The molecule has 94 valence electrons. The fourth-order valence-electron chi connectivity index (χ4n) is 2.15. The Bertz CT molecular complexity index is 376. The molecule has 3 heteroatoms. The van der Waals surface area contributed by atoms with Crippen molar-refractivity contribution < 1.29 is 5.11 Å². The fraction of sp³-hybridized carbons (Fsp3) is 0.571. The van der Waals surface area contributed by atoms with Crippen molar-refractivity contribution in [3.63, 3.8) is 0 Å². The number of likely N-dealkylation sites (N-methyl/N-ethyl adjacent to an activating group) is 1. The molecule has 1 N–H and O–H groups in total. The van der Waals surface area contributed by atoms with Crippen LogP contribution in [0.4, 0.5) is 5.69 Å². The van der Waals surface area contributed by atoms with Crippen LogP contribution in [0.5, 0.6) is 0 Å². The van der Waals surface area contributed by atoms with Gasteiger partial charge < -0.3 is 14.9 Å². The molecule has 1 heterocycles. The molecule has 0 aromatic heterocycles. The van der Waals surface area contributed by atoms with E-state index in [4.69, 9.17) is 0 Å². The van der Waals surface area contributed by atoms with Gasteiger partial charge in [0.1, 0.15) is 0 Å². The lowest BCUT2D eigenvalue weighted by Crippen LogP contribution is -2.44. The standard InChI is InChI=1S/C14H22N2O/c1-14(2,17)12-5-4-6-13(11-12)16-9-7-15(3)8-10-16/h4-6,11,17H,7-10H2,1-3H3. The average Bonchev–Trinajstić information content (AvgIpc) is 2.29. The Balaban J connectivity index is 2.16. The van der Waals surface area contributed by atoms with Gasteiger partial charge in [0.05, 0.1) is 5.60 Å². The van der Waals surface area contributed by atoms with E-state index in [1.54, 1.807) is 0 Å². The number of nitrogens with zero attached hydrogens (tertiary/aromatic N) is 2. The van der Waals surface area contributed by atoms with Crippen LogP contribution in [-0.4, -0.2) is 43.2 Å². The summed E-state index contributed by atoms with van der Waals surface area (Å²) in [7, 11) is 2.16. The molecule has 1 aromatic carbocycles. The molecule has 3 nitrogen and oxygen atoms in total. The van der Waals surface area contributed by atoms with Crippen LogP contribution in [0.25, 0.3) is 0 Å². The van der Waals surface area contributed by atoms with Gasteiger partial charge in [-0.3, -0.25) is 0 Å². The highest BCUT2D eigenvalue weighted by Crippen LogP contribution is 2.25. The van der Waals surface area contributed by atoms with Crippen LogP contribution in [0.15, 0.2) is 24.3 Å². The molecule has 0 aliphatic carbocycles. The summed E-state index contributed by atoms with van der Waals surface area (Å²) >= 11 is 0. The summed E-state index contributed by atoms with van der Waals surface area (Å²) in [6, 6.07) is 8.24. The molecule has 1 aliphatic heterocycles. The van der Waals surface area contributed by atoms with Crippen LogP contribution in [0.3, 0.4) is 0 Å². The summed E-state index contributed by atoms with van der Waals surface area (Å²) in [5.41, 5.74) is 1.44. The third-order valence-electron chi connectivity index (χ3n) is 3.42. The number of hydrogen-bond donors (Lipinski definition) is 1. The van der Waals surface area contributed by atoms with E-state index in [1.165, 1.54) is 5.69 Å². The number of aliphatic hydroxyl groups is 1. The molecule has 0 amide bonds. The quantitative estimate of drug-likeness (QED) is 0.843. The van der Waals surface area contributed by atoms with E-state index in [9.17, 15) is 5.11 Å². The van der Waals surface area contributed by atoms with Gasteiger partial charge in [0.15, 0.2) is 0 Å². The second-order valence-corrected chi connectivity index (χ2v) is 5.40. The van der Waals surface area contributed by atoms with Crippen LogP contribution < -0.4 is 4.90 Å². The van der Waals surface area contributed by atoms with Crippen molar-refractivity contribution in [1.82, 2.24) is 4.90 Å². The van der Waals surface area contributed by atoms with Crippen molar-refractivity contribution in [2.24, 2.45) is 0 Å². The average molecular weight is 234 g/mol. The van der Waals surface area contributed by atoms with E-state index >= 15 is 0 Å². The molecule has 0 saturated carbocycles. The third kappa shape index (κ3) is 2.99. The maximum atomic E-state index is 10.0. The maximum absolute atomic E-state index is 10.0. The minimum Gasteiger partial charge on any atom is -0.386 e. The first kappa shape index (κ1) is 12.4. The van der Waals surface area contributed by atoms with Gasteiger partial charge in [0, 0.05) is 31.9 Å². The van der Waals surface area contributed by atoms with Gasteiger partial charge in [-0.15, -0.1) is 0 Å². The Hall–Kier alpha value is -1.06. The summed E-state index contributed by atoms with van der Waals surface area (Å²) < 4.78 is 0. The molecule has 17 heavy (non-hydrogen) atoms. The van der Waals surface area contributed by atoms with Crippen molar-refractivity contribution in [3.8, 4) is 0 Å². The molecule has 1 fully saturated rings. The van der Waals surface area contributed by atoms with Crippen LogP contribution in [-0.2, 0) is 5.60 Å². The predicted molar refractivity (Wildman–Crippen MR) is 71.4 cm³/mol. The Morgan fingerprint density at radius 3 is 2.35 bits per heavy atom. The largest absolute Gasteiger partial charge is 0.386 e. The molecule has 1 saturated heterocycles. The summed E-state index contributed by atoms with van der Waals surface area (Å²) in [6.07, 6.45) is 0. The highest BCUT2D eigenvalue weighted by molar-refractivity contribution is 5.50. The molecule has 1 aromatic rings. The molecule has 2 rings (SSSR count). The zero-order valence-corrected chi connectivity index (χ0v) is 11.0. The summed E-state index contributed by atoms with van der Waals surface area (Å²) in [4.78, 5) is 4.73. The van der Waals surface area contributed by atoms with E-state index < -0.39 is 5.60 Å². The van der Waals surface area contributed by atoms with Crippen molar-refractivity contribution >= 4 is 5.69 Å². The zero-order chi connectivity index (χ0) is 12.5. The lowest BCUT2D eigenvalue weighted by molar-refractivity contribution is 0.0786. The van der Waals surface area contributed by atoms with Gasteiger partial charge in [-0.2, -0.15) is 0 Å². The summed E-state index contributed by atoms with van der Waals surface area (Å²) in [5, 5.41) is 10.0. The Labute approximate surface area is 104 Å². The van der Waals surface area contributed by atoms with E-state index in [-0.39, 0.29) is 0 Å². The first-order valence-corrected chi connectivity index (χ1v) is 6.23. The number of piperazine rings is 1. The minimum atomic E-state index is -0.761. The van der Waals surface area contributed by atoms with Gasteiger partial charge >= 0.3 is 0 Å². The predicted octanol–water partition coefficient (Wildman–Crippen LogP) is 1.67. The monoisotopic (exact) mass is 234 g/mol. The number of rotatable bonds is 2. The highest BCUT2D eigenvalue weighted by atomic mass is 16.3. The normalized spacial score (nSPS) is 18.5.